The van der Waals surface area contributed by atoms with E-state index in [9.17, 15) is 0 Å². The van der Waals surface area contributed by atoms with Gasteiger partial charge in [-0.3, -0.25) is 4.90 Å². The summed E-state index contributed by atoms with van der Waals surface area (Å²) >= 11 is 2.50. The van der Waals surface area contributed by atoms with Gasteiger partial charge in [-0.1, -0.05) is 22.6 Å². The highest BCUT2D eigenvalue weighted by Gasteiger charge is 2.38. The molecule has 2 aliphatic rings. The summed E-state index contributed by atoms with van der Waals surface area (Å²) < 4.78 is 6.56. The number of halogens is 1. The smallest absolute Gasteiger partial charge is 0.0707 e. The molecular weight excluding hydrogens is 277 g/mol. The zero-order valence-corrected chi connectivity index (χ0v) is 10.4. The molecule has 0 radical (unpaired) electrons. The minimum Gasteiger partial charge on any atom is -0.375 e. The average Bonchev–Trinajstić information content (AvgIpc) is 2.54. The fourth-order valence-corrected chi connectivity index (χ4v) is 2.99. The fraction of sp³-hybridized carbons (Fsp3) is 1.00. The van der Waals surface area contributed by atoms with Gasteiger partial charge in [-0.15, -0.1) is 0 Å². The van der Waals surface area contributed by atoms with Crippen LogP contribution in [0, 0.1) is 0 Å². The second-order valence-corrected chi connectivity index (χ2v) is 6.05. The third kappa shape index (κ3) is 2.18. The maximum Gasteiger partial charge on any atom is 0.0707 e. The maximum absolute atomic E-state index is 5.88. The Hall–Kier alpha value is 0.650. The van der Waals surface area contributed by atoms with Crippen molar-refractivity contribution in [1.29, 1.82) is 0 Å². The Balaban J connectivity index is 1.88. The number of nitrogens with zero attached hydrogens (tertiary/aromatic N) is 1. The van der Waals surface area contributed by atoms with Crippen molar-refractivity contribution in [2.24, 2.45) is 0 Å². The van der Waals surface area contributed by atoms with Gasteiger partial charge in [-0.25, -0.2) is 0 Å². The molecule has 0 saturated carbocycles. The van der Waals surface area contributed by atoms with Gasteiger partial charge in [0, 0.05) is 19.7 Å². The molecule has 0 aromatic rings. The number of alkyl halides is 1. The molecule has 0 aromatic carbocycles. The molecule has 3 heteroatoms. The molecule has 76 valence electrons. The largest absolute Gasteiger partial charge is 0.375 e. The van der Waals surface area contributed by atoms with E-state index in [-0.39, 0.29) is 0 Å². The lowest BCUT2D eigenvalue weighted by Crippen LogP contribution is -2.45. The monoisotopic (exact) mass is 295 g/mol. The van der Waals surface area contributed by atoms with E-state index in [1.54, 1.807) is 0 Å². The first-order chi connectivity index (χ1) is 6.22. The van der Waals surface area contributed by atoms with Crippen LogP contribution in [0.15, 0.2) is 0 Å². The normalized spacial score (nSPS) is 30.9. The Morgan fingerprint density at radius 2 is 2.00 bits per heavy atom. The van der Waals surface area contributed by atoms with Gasteiger partial charge in [0.1, 0.15) is 0 Å². The van der Waals surface area contributed by atoms with Crippen LogP contribution in [0.3, 0.4) is 0 Å². The lowest BCUT2D eigenvalue weighted by Gasteiger charge is -2.39. The molecule has 2 nitrogen and oxygen atoms in total. The van der Waals surface area contributed by atoms with Crippen molar-refractivity contribution in [3.8, 4) is 0 Å². The summed E-state index contributed by atoms with van der Waals surface area (Å²) in [4.78, 5) is 2.55. The average molecular weight is 295 g/mol. The molecule has 2 aliphatic heterocycles. The minimum atomic E-state index is 0.294. The van der Waals surface area contributed by atoms with Crippen molar-refractivity contribution >= 4 is 22.6 Å². The Morgan fingerprint density at radius 1 is 1.31 bits per heavy atom. The summed E-state index contributed by atoms with van der Waals surface area (Å²) in [6.07, 6.45) is 5.08. The van der Waals surface area contributed by atoms with Crippen LogP contribution in [-0.2, 0) is 4.74 Å². The molecule has 0 N–H and O–H groups in total. The molecule has 2 heterocycles. The summed E-state index contributed by atoms with van der Waals surface area (Å²) in [5.41, 5.74) is 0.294. The van der Waals surface area contributed by atoms with Crippen molar-refractivity contribution < 1.29 is 4.74 Å². The van der Waals surface area contributed by atoms with Crippen LogP contribution in [-0.4, -0.2) is 34.2 Å². The predicted octanol–water partition coefficient (Wildman–Crippen LogP) is 2.41. The summed E-state index contributed by atoms with van der Waals surface area (Å²) in [5, 5.41) is 0. The van der Waals surface area contributed by atoms with E-state index in [1.807, 2.05) is 0 Å². The third-order valence-electron chi connectivity index (χ3n) is 3.40. The van der Waals surface area contributed by atoms with Gasteiger partial charge in [-0.2, -0.15) is 0 Å². The van der Waals surface area contributed by atoms with Crippen molar-refractivity contribution in [1.82, 2.24) is 4.90 Å². The van der Waals surface area contributed by atoms with Gasteiger partial charge in [0.2, 0.25) is 0 Å². The lowest BCUT2D eigenvalue weighted by atomic mass is 9.89. The summed E-state index contributed by atoms with van der Waals surface area (Å²) in [5.74, 6) is 0. The van der Waals surface area contributed by atoms with E-state index in [0.717, 1.165) is 6.61 Å². The molecule has 2 saturated heterocycles. The first kappa shape index (κ1) is 10.2. The van der Waals surface area contributed by atoms with Crippen LogP contribution in [0.1, 0.15) is 32.6 Å². The van der Waals surface area contributed by atoms with Crippen molar-refractivity contribution in [3.05, 3.63) is 0 Å². The summed E-state index contributed by atoms with van der Waals surface area (Å²) in [6, 6.07) is 0. The fourth-order valence-electron chi connectivity index (χ4n) is 2.44. The standard InChI is InChI=1S/C10H18INO/c1-9(11)12-6-4-10(5-7-12)3-2-8-13-10/h9H,2-8H2,1H3. The number of rotatable bonds is 1. The molecule has 1 atom stereocenters. The van der Waals surface area contributed by atoms with Gasteiger partial charge in [0.05, 0.1) is 9.65 Å². The van der Waals surface area contributed by atoms with E-state index in [0.29, 0.717) is 9.65 Å². The SMILES string of the molecule is CC(I)N1CCC2(CCCO2)CC1. The van der Waals surface area contributed by atoms with E-state index in [1.165, 1.54) is 38.8 Å². The highest BCUT2D eigenvalue weighted by molar-refractivity contribution is 14.1. The molecule has 2 rings (SSSR count). The Bertz CT molecular complexity index is 168. The van der Waals surface area contributed by atoms with Crippen LogP contribution in [0.4, 0.5) is 0 Å². The van der Waals surface area contributed by atoms with Crippen molar-refractivity contribution in [3.63, 3.8) is 0 Å². The number of ether oxygens (including phenoxy) is 1. The van der Waals surface area contributed by atoms with Crippen LogP contribution >= 0.6 is 22.6 Å². The van der Waals surface area contributed by atoms with E-state index < -0.39 is 0 Å². The van der Waals surface area contributed by atoms with Gasteiger partial charge >= 0.3 is 0 Å². The Morgan fingerprint density at radius 3 is 2.46 bits per heavy atom. The number of hydrogen-bond donors (Lipinski definition) is 0. The second kappa shape index (κ2) is 4.03. The molecule has 13 heavy (non-hydrogen) atoms. The molecular formula is C10H18INO. The topological polar surface area (TPSA) is 12.5 Å². The van der Waals surface area contributed by atoms with Gasteiger partial charge < -0.3 is 4.74 Å². The van der Waals surface area contributed by atoms with Crippen molar-refractivity contribution in [2.45, 2.75) is 42.3 Å². The molecule has 2 fully saturated rings. The first-order valence-electron chi connectivity index (χ1n) is 5.24. The third-order valence-corrected chi connectivity index (χ3v) is 4.19. The quantitative estimate of drug-likeness (QED) is 0.418. The Kier molecular flexibility index (Phi) is 3.15. The summed E-state index contributed by atoms with van der Waals surface area (Å²) in [7, 11) is 0. The van der Waals surface area contributed by atoms with Crippen molar-refractivity contribution in [2.75, 3.05) is 19.7 Å². The molecule has 0 amide bonds. The summed E-state index contributed by atoms with van der Waals surface area (Å²) in [6.45, 7) is 5.72. The van der Waals surface area contributed by atoms with Crippen LogP contribution in [0.25, 0.3) is 0 Å². The van der Waals surface area contributed by atoms with Crippen LogP contribution in [0.2, 0.25) is 0 Å². The van der Waals surface area contributed by atoms with Crippen LogP contribution < -0.4 is 0 Å². The zero-order chi connectivity index (χ0) is 9.31. The number of likely N-dealkylation sites (tertiary alicyclic amines) is 1. The zero-order valence-electron chi connectivity index (χ0n) is 8.26. The van der Waals surface area contributed by atoms with E-state index in [2.05, 4.69) is 34.4 Å². The molecule has 0 aliphatic carbocycles. The van der Waals surface area contributed by atoms with E-state index >= 15 is 0 Å². The second-order valence-electron chi connectivity index (χ2n) is 4.25. The lowest BCUT2D eigenvalue weighted by molar-refractivity contribution is -0.0434. The molecule has 1 spiro atoms. The predicted molar refractivity (Wildman–Crippen MR) is 62.2 cm³/mol. The maximum atomic E-state index is 5.88. The highest BCUT2D eigenvalue weighted by atomic mass is 127. The molecule has 0 bridgehead atoms. The molecule has 1 unspecified atom stereocenters. The number of piperidine rings is 1. The van der Waals surface area contributed by atoms with Gasteiger partial charge in [-0.05, 0) is 32.6 Å². The van der Waals surface area contributed by atoms with E-state index in [4.69, 9.17) is 4.74 Å². The highest BCUT2D eigenvalue weighted by Crippen LogP contribution is 2.36. The first-order valence-corrected chi connectivity index (χ1v) is 6.49. The Labute approximate surface area is 94.1 Å². The van der Waals surface area contributed by atoms with Crippen LogP contribution in [0.5, 0.6) is 0 Å². The van der Waals surface area contributed by atoms with Gasteiger partial charge in [0.25, 0.3) is 0 Å². The minimum absolute atomic E-state index is 0.294. The number of hydrogen-bond acceptors (Lipinski definition) is 2. The molecule has 0 aromatic heterocycles. The van der Waals surface area contributed by atoms with Gasteiger partial charge in [0.15, 0.2) is 0 Å².